The molecule has 4 aliphatic carbocycles. The summed E-state index contributed by atoms with van der Waals surface area (Å²) in [6, 6.07) is 8.15. The van der Waals surface area contributed by atoms with Crippen molar-refractivity contribution in [3.05, 3.63) is 47.6 Å². The highest BCUT2D eigenvalue weighted by molar-refractivity contribution is 5.87. The number of nitrogens with zero attached hydrogens (tertiary/aromatic N) is 2. The van der Waals surface area contributed by atoms with Gasteiger partial charge < -0.3 is 14.6 Å². The SMILES string of the molecule is COC(=O)/C=C/c1cccc(NCC23CCC(c4nc(C5CC5)no4)(CC2)CC3)c1. The van der Waals surface area contributed by atoms with Crippen LogP contribution in [0.5, 0.6) is 0 Å². The van der Waals surface area contributed by atoms with E-state index in [2.05, 4.69) is 27.3 Å². The number of nitrogens with one attached hydrogen (secondary N) is 1. The zero-order chi connectivity index (χ0) is 20.6. The average Bonchev–Trinajstić information content (AvgIpc) is 3.53. The molecule has 158 valence electrons. The van der Waals surface area contributed by atoms with E-state index >= 15 is 0 Å². The third-order valence-electron chi connectivity index (χ3n) is 7.41. The third-order valence-corrected chi connectivity index (χ3v) is 7.41. The number of anilines is 1. The minimum Gasteiger partial charge on any atom is -0.466 e. The Kier molecular flexibility index (Phi) is 4.88. The number of carbonyl (C=O) groups is 1. The maximum atomic E-state index is 11.3. The topological polar surface area (TPSA) is 77.2 Å². The van der Waals surface area contributed by atoms with Crippen molar-refractivity contribution in [2.45, 2.75) is 62.7 Å². The number of rotatable bonds is 7. The highest BCUT2D eigenvalue weighted by Crippen LogP contribution is 2.57. The highest BCUT2D eigenvalue weighted by Gasteiger charge is 2.52. The Morgan fingerprint density at radius 1 is 1.23 bits per heavy atom. The van der Waals surface area contributed by atoms with Crippen molar-refractivity contribution in [3.63, 3.8) is 0 Å². The van der Waals surface area contributed by atoms with Gasteiger partial charge in [-0.1, -0.05) is 17.3 Å². The van der Waals surface area contributed by atoms with Gasteiger partial charge in [-0.3, -0.25) is 0 Å². The van der Waals surface area contributed by atoms with Crippen LogP contribution < -0.4 is 5.32 Å². The molecule has 0 spiro atoms. The lowest BCUT2D eigenvalue weighted by atomic mass is 9.53. The lowest BCUT2D eigenvalue weighted by molar-refractivity contribution is -0.134. The van der Waals surface area contributed by atoms with Crippen LogP contribution in [0, 0.1) is 5.41 Å². The van der Waals surface area contributed by atoms with E-state index in [1.165, 1.54) is 45.3 Å². The third kappa shape index (κ3) is 3.75. The van der Waals surface area contributed by atoms with Crippen molar-refractivity contribution < 1.29 is 14.1 Å². The molecule has 4 fully saturated rings. The molecule has 1 heterocycles. The number of hydrogen-bond donors (Lipinski definition) is 1. The molecule has 0 aliphatic heterocycles. The summed E-state index contributed by atoms with van der Waals surface area (Å²) in [5, 5.41) is 7.91. The second-order valence-corrected chi connectivity index (χ2v) is 9.35. The normalized spacial score (nSPS) is 28.0. The molecule has 2 aromatic rings. The largest absolute Gasteiger partial charge is 0.466 e. The van der Waals surface area contributed by atoms with E-state index in [1.54, 1.807) is 6.08 Å². The van der Waals surface area contributed by atoms with Gasteiger partial charge in [0.25, 0.3) is 0 Å². The van der Waals surface area contributed by atoms with Crippen LogP contribution in [0.3, 0.4) is 0 Å². The average molecular weight is 408 g/mol. The van der Waals surface area contributed by atoms with Gasteiger partial charge in [-0.05, 0) is 80.6 Å². The summed E-state index contributed by atoms with van der Waals surface area (Å²) in [6.07, 6.45) is 12.7. The van der Waals surface area contributed by atoms with E-state index in [-0.39, 0.29) is 11.4 Å². The molecule has 4 aliphatic rings. The molecule has 4 saturated carbocycles. The summed E-state index contributed by atoms with van der Waals surface area (Å²) in [6.45, 7) is 0.977. The quantitative estimate of drug-likeness (QED) is 0.523. The number of carbonyl (C=O) groups excluding carboxylic acids is 1. The smallest absolute Gasteiger partial charge is 0.330 e. The first-order valence-electron chi connectivity index (χ1n) is 11.0. The molecule has 0 atom stereocenters. The monoisotopic (exact) mass is 407 g/mol. The van der Waals surface area contributed by atoms with Gasteiger partial charge in [0, 0.05) is 29.6 Å². The second kappa shape index (κ2) is 7.56. The van der Waals surface area contributed by atoms with Crippen molar-refractivity contribution in [1.29, 1.82) is 0 Å². The van der Waals surface area contributed by atoms with E-state index in [4.69, 9.17) is 9.51 Å². The van der Waals surface area contributed by atoms with E-state index in [9.17, 15) is 4.79 Å². The molecule has 0 amide bonds. The minimum atomic E-state index is -0.342. The predicted octanol–water partition coefficient (Wildman–Crippen LogP) is 4.84. The Labute approximate surface area is 177 Å². The van der Waals surface area contributed by atoms with Crippen molar-refractivity contribution in [1.82, 2.24) is 10.1 Å². The molecule has 0 unspecified atom stereocenters. The number of hydrogen-bond acceptors (Lipinski definition) is 6. The van der Waals surface area contributed by atoms with Crippen LogP contribution in [-0.4, -0.2) is 29.8 Å². The zero-order valence-corrected chi connectivity index (χ0v) is 17.5. The van der Waals surface area contributed by atoms with Gasteiger partial charge in [-0.25, -0.2) is 4.79 Å². The highest BCUT2D eigenvalue weighted by atomic mass is 16.5. The van der Waals surface area contributed by atoms with Crippen molar-refractivity contribution in [2.75, 3.05) is 19.0 Å². The van der Waals surface area contributed by atoms with Crippen LogP contribution in [0.25, 0.3) is 6.08 Å². The number of fused-ring (bicyclic) bond motifs is 3. The molecule has 0 saturated heterocycles. The molecule has 6 rings (SSSR count). The fourth-order valence-electron chi connectivity index (χ4n) is 5.08. The van der Waals surface area contributed by atoms with Gasteiger partial charge in [-0.15, -0.1) is 0 Å². The molecular formula is C24H29N3O3. The first kappa shape index (κ1) is 19.3. The number of benzene rings is 1. The van der Waals surface area contributed by atoms with E-state index < -0.39 is 0 Å². The first-order valence-corrected chi connectivity index (χ1v) is 11.0. The van der Waals surface area contributed by atoms with Gasteiger partial charge in [0.05, 0.1) is 7.11 Å². The maximum Gasteiger partial charge on any atom is 0.330 e. The Morgan fingerprint density at radius 2 is 2.00 bits per heavy atom. The Bertz CT molecular complexity index is 936. The van der Waals surface area contributed by atoms with Crippen molar-refractivity contribution >= 4 is 17.7 Å². The van der Waals surface area contributed by atoms with Gasteiger partial charge >= 0.3 is 5.97 Å². The van der Waals surface area contributed by atoms with Gasteiger partial charge in [0.15, 0.2) is 5.82 Å². The summed E-state index contributed by atoms with van der Waals surface area (Å²) in [4.78, 5) is 16.1. The summed E-state index contributed by atoms with van der Waals surface area (Å²) in [7, 11) is 1.39. The molecule has 6 heteroatoms. The summed E-state index contributed by atoms with van der Waals surface area (Å²) in [5.41, 5.74) is 2.53. The number of methoxy groups -OCH3 is 1. The van der Waals surface area contributed by atoms with Gasteiger partial charge in [0.1, 0.15) is 0 Å². The van der Waals surface area contributed by atoms with Gasteiger partial charge in [-0.2, -0.15) is 4.98 Å². The lowest BCUT2D eigenvalue weighted by Crippen LogP contribution is -2.47. The molecule has 1 N–H and O–H groups in total. The number of ether oxygens (including phenoxy) is 1. The molecule has 0 radical (unpaired) electrons. The van der Waals surface area contributed by atoms with E-state index in [0.29, 0.717) is 11.3 Å². The summed E-state index contributed by atoms with van der Waals surface area (Å²) in [5.74, 6) is 2.04. The van der Waals surface area contributed by atoms with Crippen LogP contribution in [0.15, 0.2) is 34.9 Å². The molecule has 2 bridgehead atoms. The second-order valence-electron chi connectivity index (χ2n) is 9.35. The molecule has 6 nitrogen and oxygen atoms in total. The fourth-order valence-corrected chi connectivity index (χ4v) is 5.08. The first-order chi connectivity index (χ1) is 14.6. The predicted molar refractivity (Wildman–Crippen MR) is 114 cm³/mol. The van der Waals surface area contributed by atoms with Crippen molar-refractivity contribution in [3.8, 4) is 0 Å². The minimum absolute atomic E-state index is 0.112. The van der Waals surface area contributed by atoms with Crippen LogP contribution in [-0.2, 0) is 14.9 Å². The Morgan fingerprint density at radius 3 is 2.70 bits per heavy atom. The molecule has 30 heavy (non-hydrogen) atoms. The van der Waals surface area contributed by atoms with Crippen LogP contribution in [0.4, 0.5) is 5.69 Å². The van der Waals surface area contributed by atoms with E-state index in [0.717, 1.165) is 48.8 Å². The van der Waals surface area contributed by atoms with E-state index in [1.807, 2.05) is 12.1 Å². The Balaban J connectivity index is 1.20. The molecular weight excluding hydrogens is 378 g/mol. The van der Waals surface area contributed by atoms with Crippen molar-refractivity contribution in [2.24, 2.45) is 5.41 Å². The number of aromatic nitrogens is 2. The summed E-state index contributed by atoms with van der Waals surface area (Å²) >= 11 is 0. The van der Waals surface area contributed by atoms with Crippen LogP contribution in [0.2, 0.25) is 0 Å². The van der Waals surface area contributed by atoms with Crippen LogP contribution in [0.1, 0.15) is 74.6 Å². The molecule has 1 aromatic carbocycles. The summed E-state index contributed by atoms with van der Waals surface area (Å²) < 4.78 is 10.4. The van der Waals surface area contributed by atoms with Crippen LogP contribution >= 0.6 is 0 Å². The van der Waals surface area contributed by atoms with Gasteiger partial charge in [0.2, 0.25) is 5.89 Å². The zero-order valence-electron chi connectivity index (χ0n) is 17.5. The fraction of sp³-hybridized carbons (Fsp3) is 0.542. The Hall–Kier alpha value is -2.63. The standard InChI is InChI=1S/C24H29N3O3/c1-29-20(28)8-5-17-3-2-4-19(15-17)25-16-23-9-12-24(13-10-23,14-11-23)22-26-21(27-30-22)18-6-7-18/h2-5,8,15,18,25H,6-7,9-14,16H2,1H3/b8-5+. The lowest BCUT2D eigenvalue weighted by Gasteiger charge is -2.52. The molecule has 1 aromatic heterocycles. The maximum absolute atomic E-state index is 11.3. The number of esters is 1.